The van der Waals surface area contributed by atoms with E-state index in [1.165, 1.54) is 11.8 Å². The molecule has 27 heavy (non-hydrogen) atoms. The van der Waals surface area contributed by atoms with Gasteiger partial charge in [0.2, 0.25) is 0 Å². The van der Waals surface area contributed by atoms with Crippen LogP contribution in [-0.2, 0) is 0 Å². The van der Waals surface area contributed by atoms with E-state index in [9.17, 15) is 19.2 Å². The van der Waals surface area contributed by atoms with E-state index in [-0.39, 0.29) is 24.1 Å². The number of benzene rings is 2. The molecule has 2 aromatic rings. The van der Waals surface area contributed by atoms with E-state index in [1.807, 2.05) is 0 Å². The molecular weight excluding hydrogens is 346 g/mol. The first-order valence-corrected chi connectivity index (χ1v) is 8.58. The van der Waals surface area contributed by atoms with E-state index in [2.05, 4.69) is 10.6 Å². The number of nitrogens with one attached hydrogen (secondary N) is 2. The molecule has 0 unspecified atom stereocenters. The number of nitrogens with zero attached hydrogens (tertiary/aromatic N) is 1. The Morgan fingerprint density at radius 2 is 1.52 bits per heavy atom. The molecule has 0 bridgehead atoms. The van der Waals surface area contributed by atoms with E-state index >= 15 is 0 Å². The number of anilines is 1. The van der Waals surface area contributed by atoms with E-state index in [0.717, 1.165) is 0 Å². The van der Waals surface area contributed by atoms with Crippen LogP contribution in [-0.4, -0.2) is 41.6 Å². The molecule has 0 aromatic heterocycles. The molecule has 2 aromatic carbocycles. The number of carbonyl (C=O) groups excluding carboxylic acids is 4. The maximum absolute atomic E-state index is 12.2. The SMILES string of the molecule is CC(=O)c1ccc(NC(=O)NCCCN2C(=O)c3ccccc3C2=O)cc1. The summed E-state index contributed by atoms with van der Waals surface area (Å²) in [5.41, 5.74) is 1.98. The van der Waals surface area contributed by atoms with Crippen molar-refractivity contribution in [2.75, 3.05) is 18.4 Å². The van der Waals surface area contributed by atoms with Crippen LogP contribution >= 0.6 is 0 Å². The molecule has 7 heteroatoms. The smallest absolute Gasteiger partial charge is 0.319 e. The van der Waals surface area contributed by atoms with Crippen LogP contribution in [0.15, 0.2) is 48.5 Å². The summed E-state index contributed by atoms with van der Waals surface area (Å²) in [4.78, 5) is 48.8. The van der Waals surface area contributed by atoms with Gasteiger partial charge in [-0.1, -0.05) is 12.1 Å². The van der Waals surface area contributed by atoms with Gasteiger partial charge in [0.15, 0.2) is 5.78 Å². The van der Waals surface area contributed by atoms with Gasteiger partial charge in [0.25, 0.3) is 11.8 Å². The number of carbonyl (C=O) groups is 4. The van der Waals surface area contributed by atoms with Crippen molar-refractivity contribution in [1.82, 2.24) is 10.2 Å². The van der Waals surface area contributed by atoms with Crippen LogP contribution in [0.25, 0.3) is 0 Å². The lowest BCUT2D eigenvalue weighted by atomic mass is 10.1. The Labute approximate surface area is 156 Å². The average Bonchev–Trinajstić information content (AvgIpc) is 2.90. The Morgan fingerprint density at radius 1 is 0.926 bits per heavy atom. The van der Waals surface area contributed by atoms with Gasteiger partial charge < -0.3 is 10.6 Å². The highest BCUT2D eigenvalue weighted by Crippen LogP contribution is 2.22. The number of hydrogen-bond donors (Lipinski definition) is 2. The lowest BCUT2D eigenvalue weighted by Gasteiger charge is -2.14. The van der Waals surface area contributed by atoms with Crippen LogP contribution in [0.4, 0.5) is 10.5 Å². The van der Waals surface area contributed by atoms with Crippen molar-refractivity contribution in [3.8, 4) is 0 Å². The van der Waals surface area contributed by atoms with Crippen LogP contribution in [0.2, 0.25) is 0 Å². The summed E-state index contributed by atoms with van der Waals surface area (Å²) in [6.07, 6.45) is 0.447. The van der Waals surface area contributed by atoms with E-state index in [0.29, 0.717) is 35.3 Å². The zero-order valence-corrected chi connectivity index (χ0v) is 14.8. The third-order valence-electron chi connectivity index (χ3n) is 4.27. The highest BCUT2D eigenvalue weighted by molar-refractivity contribution is 6.21. The molecule has 0 saturated heterocycles. The van der Waals surface area contributed by atoms with Crippen molar-refractivity contribution in [2.45, 2.75) is 13.3 Å². The zero-order chi connectivity index (χ0) is 19.4. The summed E-state index contributed by atoms with van der Waals surface area (Å²) in [7, 11) is 0. The second-order valence-electron chi connectivity index (χ2n) is 6.18. The fraction of sp³-hybridized carbons (Fsp3) is 0.200. The van der Waals surface area contributed by atoms with Gasteiger partial charge in [-0.05, 0) is 49.7 Å². The largest absolute Gasteiger partial charge is 0.338 e. The standard InChI is InChI=1S/C20H19N3O4/c1-13(24)14-7-9-15(10-8-14)22-20(27)21-11-4-12-23-18(25)16-5-2-3-6-17(16)19(23)26/h2-3,5-10H,4,11-12H2,1H3,(H2,21,22,27). The topological polar surface area (TPSA) is 95.6 Å². The second-order valence-corrected chi connectivity index (χ2v) is 6.18. The molecule has 1 heterocycles. The number of imide groups is 1. The first kappa shape index (κ1) is 18.3. The molecule has 0 aliphatic carbocycles. The Kier molecular flexibility index (Phi) is 5.30. The maximum atomic E-state index is 12.2. The number of fused-ring (bicyclic) bond motifs is 1. The molecule has 0 saturated carbocycles. The summed E-state index contributed by atoms with van der Waals surface area (Å²) in [6.45, 7) is 2.02. The minimum atomic E-state index is -0.395. The Bertz CT molecular complexity index is 871. The van der Waals surface area contributed by atoms with Gasteiger partial charge in [0.05, 0.1) is 11.1 Å². The Hall–Kier alpha value is -3.48. The third kappa shape index (κ3) is 4.03. The van der Waals surface area contributed by atoms with Gasteiger partial charge in [-0.2, -0.15) is 0 Å². The van der Waals surface area contributed by atoms with Crippen LogP contribution in [0.5, 0.6) is 0 Å². The molecule has 2 N–H and O–H groups in total. The highest BCUT2D eigenvalue weighted by Gasteiger charge is 2.34. The first-order valence-electron chi connectivity index (χ1n) is 8.58. The summed E-state index contributed by atoms with van der Waals surface area (Å²) < 4.78 is 0. The molecule has 7 nitrogen and oxygen atoms in total. The predicted octanol–water partition coefficient (Wildman–Crippen LogP) is 2.70. The van der Waals surface area contributed by atoms with Crippen molar-refractivity contribution >= 4 is 29.3 Å². The van der Waals surface area contributed by atoms with Crippen LogP contribution in [0.3, 0.4) is 0 Å². The van der Waals surface area contributed by atoms with Gasteiger partial charge in [-0.25, -0.2) is 4.79 Å². The fourth-order valence-electron chi connectivity index (χ4n) is 2.84. The molecule has 0 spiro atoms. The van der Waals surface area contributed by atoms with E-state index in [1.54, 1.807) is 48.5 Å². The van der Waals surface area contributed by atoms with Crippen LogP contribution in [0.1, 0.15) is 44.4 Å². The van der Waals surface area contributed by atoms with Gasteiger partial charge in [-0.3, -0.25) is 19.3 Å². The average molecular weight is 365 g/mol. The van der Waals surface area contributed by atoms with Crippen molar-refractivity contribution in [2.24, 2.45) is 0 Å². The number of amides is 4. The molecule has 3 rings (SSSR count). The number of ketones is 1. The Morgan fingerprint density at radius 3 is 2.07 bits per heavy atom. The molecule has 1 aliphatic heterocycles. The molecular formula is C20H19N3O4. The van der Waals surface area contributed by atoms with Crippen molar-refractivity contribution in [3.05, 3.63) is 65.2 Å². The number of urea groups is 1. The monoisotopic (exact) mass is 365 g/mol. The number of Topliss-reactive ketones (excluding diaryl/α,β-unsaturated/α-hetero) is 1. The summed E-state index contributed by atoms with van der Waals surface area (Å²) >= 11 is 0. The van der Waals surface area contributed by atoms with Gasteiger partial charge in [-0.15, -0.1) is 0 Å². The van der Waals surface area contributed by atoms with Crippen molar-refractivity contribution < 1.29 is 19.2 Å². The summed E-state index contributed by atoms with van der Waals surface area (Å²) in [5.74, 6) is -0.643. The first-order chi connectivity index (χ1) is 13.0. The summed E-state index contributed by atoms with van der Waals surface area (Å²) in [5, 5.41) is 5.34. The predicted molar refractivity (Wildman–Crippen MR) is 99.9 cm³/mol. The second kappa shape index (κ2) is 7.82. The third-order valence-corrected chi connectivity index (χ3v) is 4.27. The number of hydrogen-bond acceptors (Lipinski definition) is 4. The van der Waals surface area contributed by atoms with Gasteiger partial charge in [0, 0.05) is 24.3 Å². The Balaban J connectivity index is 1.44. The minimum Gasteiger partial charge on any atom is -0.338 e. The lowest BCUT2D eigenvalue weighted by molar-refractivity contribution is 0.0653. The quantitative estimate of drug-likeness (QED) is 0.467. The van der Waals surface area contributed by atoms with Crippen molar-refractivity contribution in [3.63, 3.8) is 0 Å². The van der Waals surface area contributed by atoms with Crippen LogP contribution in [0, 0.1) is 0 Å². The lowest BCUT2D eigenvalue weighted by Crippen LogP contribution is -2.35. The van der Waals surface area contributed by atoms with E-state index < -0.39 is 6.03 Å². The molecule has 138 valence electrons. The van der Waals surface area contributed by atoms with Gasteiger partial charge >= 0.3 is 6.03 Å². The number of rotatable bonds is 6. The molecule has 0 radical (unpaired) electrons. The fourth-order valence-corrected chi connectivity index (χ4v) is 2.84. The highest BCUT2D eigenvalue weighted by atomic mass is 16.2. The normalized spacial score (nSPS) is 12.7. The van der Waals surface area contributed by atoms with E-state index in [4.69, 9.17) is 0 Å². The molecule has 4 amide bonds. The van der Waals surface area contributed by atoms with Gasteiger partial charge in [0.1, 0.15) is 0 Å². The molecule has 0 fully saturated rings. The maximum Gasteiger partial charge on any atom is 0.319 e. The summed E-state index contributed by atoms with van der Waals surface area (Å²) in [6, 6.07) is 12.9. The minimum absolute atomic E-state index is 0.0424. The van der Waals surface area contributed by atoms with Crippen LogP contribution < -0.4 is 10.6 Å². The van der Waals surface area contributed by atoms with Crippen molar-refractivity contribution in [1.29, 1.82) is 0 Å². The molecule has 1 aliphatic rings. The zero-order valence-electron chi connectivity index (χ0n) is 14.8. The molecule has 0 atom stereocenters.